The molecule has 0 aliphatic carbocycles. The Morgan fingerprint density at radius 3 is 2.12 bits per heavy atom. The number of hydrogen-bond acceptors (Lipinski definition) is 1. The standard InChI is InChI=1S/C16H16O/c1-2-16(14-11-7-4-8-12-14)15(17-16)13-9-5-3-6-10-13/h3-12,15H,2H2,1H3/t15-,16+/m0/s1. The van der Waals surface area contributed by atoms with E-state index >= 15 is 0 Å². The van der Waals surface area contributed by atoms with Crippen molar-refractivity contribution in [3.8, 4) is 0 Å². The summed E-state index contributed by atoms with van der Waals surface area (Å²) in [5.41, 5.74) is 2.47. The van der Waals surface area contributed by atoms with E-state index < -0.39 is 0 Å². The Hall–Kier alpha value is -1.60. The van der Waals surface area contributed by atoms with Gasteiger partial charge in [-0.1, -0.05) is 67.6 Å². The van der Waals surface area contributed by atoms with E-state index in [1.165, 1.54) is 11.1 Å². The minimum Gasteiger partial charge on any atom is -0.356 e. The molecule has 1 heterocycles. The monoisotopic (exact) mass is 224 g/mol. The smallest absolute Gasteiger partial charge is 0.124 e. The van der Waals surface area contributed by atoms with Crippen LogP contribution >= 0.6 is 0 Å². The fourth-order valence-electron chi connectivity index (χ4n) is 2.55. The Labute approximate surface area is 102 Å². The quantitative estimate of drug-likeness (QED) is 0.716. The summed E-state index contributed by atoms with van der Waals surface area (Å²) in [5.74, 6) is 0. The van der Waals surface area contributed by atoms with E-state index in [2.05, 4.69) is 55.5 Å². The van der Waals surface area contributed by atoms with Crippen LogP contribution in [0.2, 0.25) is 0 Å². The Morgan fingerprint density at radius 1 is 0.941 bits per heavy atom. The summed E-state index contributed by atoms with van der Waals surface area (Å²) in [5, 5.41) is 0. The summed E-state index contributed by atoms with van der Waals surface area (Å²) in [6.45, 7) is 2.19. The molecule has 0 bridgehead atoms. The van der Waals surface area contributed by atoms with Gasteiger partial charge in [0.1, 0.15) is 11.7 Å². The Kier molecular flexibility index (Phi) is 2.49. The van der Waals surface area contributed by atoms with Gasteiger partial charge in [0.15, 0.2) is 0 Å². The van der Waals surface area contributed by atoms with Crippen LogP contribution in [-0.4, -0.2) is 0 Å². The molecule has 1 nitrogen and oxygen atoms in total. The van der Waals surface area contributed by atoms with Crippen molar-refractivity contribution in [2.75, 3.05) is 0 Å². The van der Waals surface area contributed by atoms with Gasteiger partial charge >= 0.3 is 0 Å². The summed E-state index contributed by atoms with van der Waals surface area (Å²) in [4.78, 5) is 0. The van der Waals surface area contributed by atoms with Crippen LogP contribution in [0.1, 0.15) is 30.6 Å². The zero-order valence-corrected chi connectivity index (χ0v) is 9.97. The molecule has 0 radical (unpaired) electrons. The molecule has 2 aromatic carbocycles. The van der Waals surface area contributed by atoms with Gasteiger partial charge in [-0.05, 0) is 17.5 Å². The summed E-state index contributed by atoms with van der Waals surface area (Å²) in [6.07, 6.45) is 1.23. The molecular formula is C16H16O. The maximum absolute atomic E-state index is 6.03. The predicted octanol–water partition coefficient (Wildman–Crippen LogP) is 4.06. The molecule has 0 unspecified atom stereocenters. The van der Waals surface area contributed by atoms with Crippen LogP contribution in [0, 0.1) is 0 Å². The third kappa shape index (κ3) is 1.67. The molecule has 3 rings (SSSR count). The second-order valence-corrected chi connectivity index (χ2v) is 4.52. The first-order valence-electron chi connectivity index (χ1n) is 6.15. The van der Waals surface area contributed by atoms with Crippen molar-refractivity contribution in [3.05, 3.63) is 71.8 Å². The van der Waals surface area contributed by atoms with Crippen LogP contribution in [0.5, 0.6) is 0 Å². The van der Waals surface area contributed by atoms with Gasteiger partial charge in [0.2, 0.25) is 0 Å². The van der Waals surface area contributed by atoms with Gasteiger partial charge in [-0.15, -0.1) is 0 Å². The van der Waals surface area contributed by atoms with Gasteiger partial charge < -0.3 is 4.74 Å². The first-order valence-corrected chi connectivity index (χ1v) is 6.15. The first-order chi connectivity index (χ1) is 8.37. The molecule has 2 aromatic rings. The lowest BCUT2D eigenvalue weighted by molar-refractivity contribution is 0.290. The Morgan fingerprint density at radius 2 is 1.53 bits per heavy atom. The highest BCUT2D eigenvalue weighted by Gasteiger charge is 2.56. The molecule has 2 atom stereocenters. The maximum Gasteiger partial charge on any atom is 0.124 e. The van der Waals surface area contributed by atoms with Gasteiger partial charge in [-0.25, -0.2) is 0 Å². The normalized spacial score (nSPS) is 26.8. The molecule has 0 saturated carbocycles. The van der Waals surface area contributed by atoms with Crippen molar-refractivity contribution in [1.82, 2.24) is 0 Å². The van der Waals surface area contributed by atoms with E-state index in [1.807, 2.05) is 12.1 Å². The number of epoxide rings is 1. The lowest BCUT2D eigenvalue weighted by Crippen LogP contribution is -2.08. The Balaban J connectivity index is 1.94. The van der Waals surface area contributed by atoms with Crippen molar-refractivity contribution in [2.24, 2.45) is 0 Å². The van der Waals surface area contributed by atoms with Crippen LogP contribution in [-0.2, 0) is 10.3 Å². The van der Waals surface area contributed by atoms with Crippen LogP contribution < -0.4 is 0 Å². The number of benzene rings is 2. The zero-order valence-electron chi connectivity index (χ0n) is 9.97. The summed E-state index contributed by atoms with van der Waals surface area (Å²) >= 11 is 0. The minimum absolute atomic E-state index is 0.0946. The first kappa shape index (κ1) is 10.5. The highest BCUT2D eigenvalue weighted by molar-refractivity contribution is 5.35. The lowest BCUT2D eigenvalue weighted by atomic mass is 9.90. The van der Waals surface area contributed by atoms with E-state index in [0.717, 1.165) is 6.42 Å². The molecule has 86 valence electrons. The largest absolute Gasteiger partial charge is 0.356 e. The van der Waals surface area contributed by atoms with E-state index in [4.69, 9.17) is 4.74 Å². The number of ether oxygens (including phenoxy) is 1. The van der Waals surface area contributed by atoms with Gasteiger partial charge in [-0.3, -0.25) is 0 Å². The SMILES string of the molecule is CC[C@]1(c2ccccc2)O[C@H]1c1ccccc1. The molecule has 1 aliphatic heterocycles. The van der Waals surface area contributed by atoms with E-state index in [9.17, 15) is 0 Å². The average molecular weight is 224 g/mol. The highest BCUT2D eigenvalue weighted by atomic mass is 16.6. The fourth-order valence-corrected chi connectivity index (χ4v) is 2.55. The van der Waals surface area contributed by atoms with Gasteiger partial charge in [0.05, 0.1) is 0 Å². The predicted molar refractivity (Wildman–Crippen MR) is 68.7 cm³/mol. The summed E-state index contributed by atoms with van der Waals surface area (Å²) in [6, 6.07) is 21.0. The van der Waals surface area contributed by atoms with Crippen LogP contribution in [0.15, 0.2) is 60.7 Å². The molecule has 0 amide bonds. The summed E-state index contributed by atoms with van der Waals surface area (Å²) < 4.78 is 6.03. The van der Waals surface area contributed by atoms with E-state index in [1.54, 1.807) is 0 Å². The van der Waals surface area contributed by atoms with Crippen molar-refractivity contribution in [2.45, 2.75) is 25.0 Å². The molecule has 0 aromatic heterocycles. The second-order valence-electron chi connectivity index (χ2n) is 4.52. The van der Waals surface area contributed by atoms with Crippen molar-refractivity contribution < 1.29 is 4.74 Å². The minimum atomic E-state index is -0.0946. The molecule has 0 spiro atoms. The second kappa shape index (κ2) is 4.01. The van der Waals surface area contributed by atoms with Crippen molar-refractivity contribution in [3.63, 3.8) is 0 Å². The highest BCUT2D eigenvalue weighted by Crippen LogP contribution is 2.58. The summed E-state index contributed by atoms with van der Waals surface area (Å²) in [7, 11) is 0. The fraction of sp³-hybridized carbons (Fsp3) is 0.250. The molecule has 1 heteroatoms. The topological polar surface area (TPSA) is 12.5 Å². The molecule has 1 aliphatic rings. The molecule has 1 fully saturated rings. The van der Waals surface area contributed by atoms with Crippen molar-refractivity contribution >= 4 is 0 Å². The number of hydrogen-bond donors (Lipinski definition) is 0. The van der Waals surface area contributed by atoms with Gasteiger partial charge in [0, 0.05) is 0 Å². The van der Waals surface area contributed by atoms with Crippen LogP contribution in [0.4, 0.5) is 0 Å². The van der Waals surface area contributed by atoms with E-state index in [-0.39, 0.29) is 11.7 Å². The zero-order chi connectivity index (χ0) is 11.7. The van der Waals surface area contributed by atoms with Crippen LogP contribution in [0.3, 0.4) is 0 Å². The molecule has 1 saturated heterocycles. The van der Waals surface area contributed by atoms with Crippen LogP contribution in [0.25, 0.3) is 0 Å². The Bertz CT molecular complexity index is 491. The van der Waals surface area contributed by atoms with E-state index in [0.29, 0.717) is 0 Å². The molecule has 17 heavy (non-hydrogen) atoms. The lowest BCUT2D eigenvalue weighted by Gasteiger charge is -2.10. The average Bonchev–Trinajstić information content (AvgIpc) is 3.17. The molecular weight excluding hydrogens is 208 g/mol. The maximum atomic E-state index is 6.03. The molecule has 0 N–H and O–H groups in total. The number of rotatable bonds is 3. The third-order valence-corrected chi connectivity index (χ3v) is 3.58. The third-order valence-electron chi connectivity index (χ3n) is 3.58. The van der Waals surface area contributed by atoms with Gasteiger partial charge in [0.25, 0.3) is 0 Å². The van der Waals surface area contributed by atoms with Gasteiger partial charge in [-0.2, -0.15) is 0 Å². The van der Waals surface area contributed by atoms with Crippen molar-refractivity contribution in [1.29, 1.82) is 0 Å².